The summed E-state index contributed by atoms with van der Waals surface area (Å²) in [5.74, 6) is -0.448. The Morgan fingerprint density at radius 1 is 1.38 bits per heavy atom. The Labute approximate surface area is 123 Å². The molecule has 1 fully saturated rings. The van der Waals surface area contributed by atoms with Crippen molar-refractivity contribution < 1.29 is 14.3 Å². The molecule has 1 saturated heterocycles. The topological polar surface area (TPSA) is 73.2 Å². The molecule has 1 aromatic heterocycles. The standard InChI is InChI=1S/C15H21N3O3/c1-2-21-15(20)14-13-11(4-3-5-12(13)19)18(17-14)10-6-8-16-9-7-10/h10,16H,2-9H2,1H3. The van der Waals surface area contributed by atoms with Crippen LogP contribution in [0, 0.1) is 0 Å². The molecule has 114 valence electrons. The van der Waals surface area contributed by atoms with Crippen LogP contribution in [0.15, 0.2) is 0 Å². The van der Waals surface area contributed by atoms with E-state index in [1.54, 1.807) is 6.92 Å². The van der Waals surface area contributed by atoms with Crippen LogP contribution in [-0.4, -0.2) is 41.2 Å². The summed E-state index contributed by atoms with van der Waals surface area (Å²) in [6.45, 7) is 3.95. The van der Waals surface area contributed by atoms with Crippen LogP contribution in [0.1, 0.15) is 65.2 Å². The number of carbonyl (C=O) groups excluding carboxylic acids is 2. The molecule has 3 rings (SSSR count). The van der Waals surface area contributed by atoms with Gasteiger partial charge in [0.2, 0.25) is 0 Å². The van der Waals surface area contributed by atoms with Gasteiger partial charge in [-0.2, -0.15) is 5.10 Å². The predicted molar refractivity (Wildman–Crippen MR) is 76.6 cm³/mol. The monoisotopic (exact) mass is 291 g/mol. The number of fused-ring (bicyclic) bond motifs is 1. The maximum absolute atomic E-state index is 12.2. The summed E-state index contributed by atoms with van der Waals surface area (Å²) in [5, 5.41) is 7.80. The first kappa shape index (κ1) is 14.3. The van der Waals surface area contributed by atoms with Crippen molar-refractivity contribution in [3.63, 3.8) is 0 Å². The molecule has 1 N–H and O–H groups in total. The number of Topliss-reactive ketones (excluding diaryl/α,β-unsaturated/α-hetero) is 1. The van der Waals surface area contributed by atoms with Gasteiger partial charge in [0, 0.05) is 6.42 Å². The predicted octanol–water partition coefficient (Wildman–Crippen LogP) is 1.50. The summed E-state index contributed by atoms with van der Waals surface area (Å²) >= 11 is 0. The molecule has 0 unspecified atom stereocenters. The number of ketones is 1. The Morgan fingerprint density at radius 2 is 2.14 bits per heavy atom. The van der Waals surface area contributed by atoms with Gasteiger partial charge >= 0.3 is 5.97 Å². The smallest absolute Gasteiger partial charge is 0.359 e. The third-order valence-electron chi connectivity index (χ3n) is 4.23. The summed E-state index contributed by atoms with van der Waals surface area (Å²) in [5.41, 5.74) is 1.66. The van der Waals surface area contributed by atoms with Crippen molar-refractivity contribution in [2.75, 3.05) is 19.7 Å². The van der Waals surface area contributed by atoms with E-state index in [9.17, 15) is 9.59 Å². The number of nitrogens with one attached hydrogen (secondary N) is 1. The van der Waals surface area contributed by atoms with Crippen LogP contribution >= 0.6 is 0 Å². The largest absolute Gasteiger partial charge is 0.461 e. The molecule has 0 radical (unpaired) electrons. The van der Waals surface area contributed by atoms with Crippen molar-refractivity contribution in [1.82, 2.24) is 15.1 Å². The van der Waals surface area contributed by atoms with Gasteiger partial charge in [-0.15, -0.1) is 0 Å². The second kappa shape index (κ2) is 5.97. The van der Waals surface area contributed by atoms with Crippen LogP contribution in [0.2, 0.25) is 0 Å². The first-order chi connectivity index (χ1) is 10.2. The number of ether oxygens (including phenoxy) is 1. The normalized spacial score (nSPS) is 19.4. The summed E-state index contributed by atoms with van der Waals surface area (Å²) in [4.78, 5) is 24.3. The van der Waals surface area contributed by atoms with Crippen LogP contribution in [0.25, 0.3) is 0 Å². The highest BCUT2D eigenvalue weighted by Gasteiger charge is 2.33. The number of rotatable bonds is 3. The Morgan fingerprint density at radius 3 is 2.86 bits per heavy atom. The van der Waals surface area contributed by atoms with E-state index < -0.39 is 5.97 Å². The van der Waals surface area contributed by atoms with E-state index in [4.69, 9.17) is 4.74 Å². The van der Waals surface area contributed by atoms with Crippen LogP contribution in [0.3, 0.4) is 0 Å². The molecule has 6 heteroatoms. The van der Waals surface area contributed by atoms with Crippen molar-refractivity contribution >= 4 is 11.8 Å². The molecule has 21 heavy (non-hydrogen) atoms. The zero-order valence-electron chi connectivity index (χ0n) is 12.4. The van der Waals surface area contributed by atoms with E-state index in [1.807, 2.05) is 4.68 Å². The molecular formula is C15H21N3O3. The SMILES string of the molecule is CCOC(=O)c1nn(C2CCNCC2)c2c1C(=O)CCC2. The number of carbonyl (C=O) groups is 2. The minimum absolute atomic E-state index is 0.0273. The lowest BCUT2D eigenvalue weighted by molar-refractivity contribution is 0.0514. The summed E-state index contributed by atoms with van der Waals surface area (Å²) in [7, 11) is 0. The van der Waals surface area contributed by atoms with E-state index >= 15 is 0 Å². The fourth-order valence-corrected chi connectivity index (χ4v) is 3.24. The molecule has 1 aromatic rings. The summed E-state index contributed by atoms with van der Waals surface area (Å²) in [6.07, 6.45) is 4.11. The van der Waals surface area contributed by atoms with E-state index in [0.717, 1.165) is 44.5 Å². The van der Waals surface area contributed by atoms with Gasteiger partial charge in [0.15, 0.2) is 11.5 Å². The van der Waals surface area contributed by atoms with Gasteiger partial charge in [0.05, 0.1) is 23.9 Å². The van der Waals surface area contributed by atoms with Gasteiger partial charge in [-0.25, -0.2) is 4.79 Å². The number of piperidine rings is 1. The molecule has 1 aliphatic carbocycles. The Hall–Kier alpha value is -1.69. The average Bonchev–Trinajstić information content (AvgIpc) is 2.89. The molecule has 0 atom stereocenters. The molecule has 2 heterocycles. The quantitative estimate of drug-likeness (QED) is 0.854. The fraction of sp³-hybridized carbons (Fsp3) is 0.667. The lowest BCUT2D eigenvalue weighted by Gasteiger charge is -2.25. The number of aromatic nitrogens is 2. The average molecular weight is 291 g/mol. The van der Waals surface area contributed by atoms with E-state index in [0.29, 0.717) is 18.6 Å². The van der Waals surface area contributed by atoms with E-state index in [-0.39, 0.29) is 17.5 Å². The van der Waals surface area contributed by atoms with Gasteiger partial charge < -0.3 is 10.1 Å². The van der Waals surface area contributed by atoms with Crippen molar-refractivity contribution in [2.45, 2.75) is 45.1 Å². The molecule has 0 amide bonds. The van der Waals surface area contributed by atoms with Gasteiger partial charge in [-0.3, -0.25) is 9.48 Å². The lowest BCUT2D eigenvalue weighted by atomic mass is 9.93. The molecule has 0 bridgehead atoms. The number of nitrogens with zero attached hydrogens (tertiary/aromatic N) is 2. The zero-order valence-corrected chi connectivity index (χ0v) is 12.4. The second-order valence-electron chi connectivity index (χ2n) is 5.59. The maximum Gasteiger partial charge on any atom is 0.359 e. The van der Waals surface area contributed by atoms with Crippen molar-refractivity contribution in [1.29, 1.82) is 0 Å². The number of hydrogen-bond acceptors (Lipinski definition) is 5. The van der Waals surface area contributed by atoms with Crippen LogP contribution in [0.5, 0.6) is 0 Å². The Balaban J connectivity index is 2.02. The third-order valence-corrected chi connectivity index (χ3v) is 4.23. The summed E-state index contributed by atoms with van der Waals surface area (Å²) in [6, 6.07) is 0.272. The highest BCUT2D eigenvalue weighted by Crippen LogP contribution is 2.30. The number of esters is 1. The molecule has 6 nitrogen and oxygen atoms in total. The molecular weight excluding hydrogens is 270 g/mol. The van der Waals surface area contributed by atoms with Crippen LogP contribution in [0.4, 0.5) is 0 Å². The van der Waals surface area contributed by atoms with Gasteiger partial charge in [0.1, 0.15) is 0 Å². The second-order valence-corrected chi connectivity index (χ2v) is 5.59. The maximum atomic E-state index is 12.2. The summed E-state index contributed by atoms with van der Waals surface area (Å²) < 4.78 is 6.99. The first-order valence-corrected chi connectivity index (χ1v) is 7.74. The minimum Gasteiger partial charge on any atom is -0.461 e. The van der Waals surface area contributed by atoms with Crippen molar-refractivity contribution in [3.8, 4) is 0 Å². The van der Waals surface area contributed by atoms with E-state index in [1.165, 1.54) is 0 Å². The molecule has 0 aromatic carbocycles. The lowest BCUT2D eigenvalue weighted by Crippen LogP contribution is -2.31. The molecule has 0 spiro atoms. The zero-order chi connectivity index (χ0) is 14.8. The van der Waals surface area contributed by atoms with Crippen molar-refractivity contribution in [3.05, 3.63) is 17.0 Å². The fourth-order valence-electron chi connectivity index (χ4n) is 3.24. The van der Waals surface area contributed by atoms with Crippen molar-refractivity contribution in [2.24, 2.45) is 0 Å². The highest BCUT2D eigenvalue weighted by atomic mass is 16.5. The Kier molecular flexibility index (Phi) is 4.05. The molecule has 2 aliphatic rings. The Bertz CT molecular complexity index is 559. The van der Waals surface area contributed by atoms with E-state index in [2.05, 4.69) is 10.4 Å². The number of hydrogen-bond donors (Lipinski definition) is 1. The first-order valence-electron chi connectivity index (χ1n) is 7.74. The molecule has 0 saturated carbocycles. The van der Waals surface area contributed by atoms with Gasteiger partial charge in [0.25, 0.3) is 0 Å². The third kappa shape index (κ3) is 2.60. The van der Waals surface area contributed by atoms with Gasteiger partial charge in [-0.05, 0) is 45.7 Å². The van der Waals surface area contributed by atoms with Crippen LogP contribution < -0.4 is 5.32 Å². The van der Waals surface area contributed by atoms with Crippen LogP contribution in [-0.2, 0) is 11.2 Å². The highest BCUT2D eigenvalue weighted by molar-refractivity contribution is 6.06. The van der Waals surface area contributed by atoms with Gasteiger partial charge in [-0.1, -0.05) is 0 Å². The minimum atomic E-state index is -0.475. The molecule has 1 aliphatic heterocycles.